The van der Waals surface area contributed by atoms with Gasteiger partial charge in [-0.2, -0.15) is 0 Å². The maximum Gasteiger partial charge on any atom is 0.187 e. The van der Waals surface area contributed by atoms with E-state index in [1.54, 1.807) is 36.4 Å². The summed E-state index contributed by atoms with van der Waals surface area (Å²) in [7, 11) is -3.36. The molecule has 0 bridgehead atoms. The average Bonchev–Trinajstić information content (AvgIpc) is 2.30. The van der Waals surface area contributed by atoms with Crippen molar-refractivity contribution in [3.8, 4) is 0 Å². The molecule has 87 valence electrons. The Labute approximate surface area is 102 Å². The lowest BCUT2D eigenvalue weighted by Gasteiger charge is -2.04. The third-order valence-corrected chi connectivity index (χ3v) is 3.95. The fraction of sp³-hybridized carbons (Fsp3) is 0.0714. The number of benzene rings is 2. The van der Waals surface area contributed by atoms with Gasteiger partial charge in [0.05, 0.1) is 4.90 Å². The van der Waals surface area contributed by atoms with Crippen molar-refractivity contribution in [2.45, 2.75) is 11.8 Å². The molecule has 0 spiro atoms. The molecule has 2 aromatic carbocycles. The highest BCUT2D eigenvalue weighted by molar-refractivity contribution is 7.93. The van der Waals surface area contributed by atoms with Gasteiger partial charge in [0, 0.05) is 0 Å². The lowest BCUT2D eigenvalue weighted by atomic mass is 10.2. The topological polar surface area (TPSA) is 34.1 Å². The van der Waals surface area contributed by atoms with E-state index in [-0.39, 0.29) is 0 Å². The Morgan fingerprint density at radius 1 is 0.882 bits per heavy atom. The lowest BCUT2D eigenvalue weighted by Crippen LogP contribution is -2.02. The van der Waals surface area contributed by atoms with Crippen molar-refractivity contribution in [1.29, 1.82) is 0 Å². The summed E-state index contributed by atoms with van der Waals surface area (Å²) in [5.74, 6) is 1.29. The van der Waals surface area contributed by atoms with Crippen molar-refractivity contribution in [2.24, 2.45) is 0 Å². The van der Waals surface area contributed by atoms with Crippen LogP contribution in [0.1, 0.15) is 11.1 Å². The minimum atomic E-state index is -3.36. The summed E-state index contributed by atoms with van der Waals surface area (Å²) in [5.41, 5.74) is 1.73. The zero-order chi connectivity index (χ0) is 12.3. The summed E-state index contributed by atoms with van der Waals surface area (Å²) in [6, 6.07) is 15.9. The molecule has 0 saturated carbocycles. The third kappa shape index (κ3) is 2.94. The third-order valence-electron chi connectivity index (χ3n) is 2.44. The molecule has 0 heterocycles. The largest absolute Gasteiger partial charge is 0.223 e. The maximum absolute atomic E-state index is 12.1. The summed E-state index contributed by atoms with van der Waals surface area (Å²) in [6.07, 6.45) is 0. The first-order chi connectivity index (χ1) is 8.08. The van der Waals surface area contributed by atoms with Crippen molar-refractivity contribution < 1.29 is 8.42 Å². The Hall–Kier alpha value is -1.61. The second kappa shape index (κ2) is 4.72. The molecule has 0 N–H and O–H groups in total. The number of sulfone groups is 1. The van der Waals surface area contributed by atoms with Gasteiger partial charge in [0.15, 0.2) is 9.84 Å². The lowest BCUT2D eigenvalue weighted by molar-refractivity contribution is 0.602. The molecule has 0 aliphatic rings. The molecule has 0 aliphatic carbocycles. The van der Waals surface area contributed by atoms with Gasteiger partial charge in [0.25, 0.3) is 0 Å². The van der Waals surface area contributed by atoms with E-state index in [1.165, 1.54) is 5.75 Å². The molecule has 0 aromatic heterocycles. The van der Waals surface area contributed by atoms with Crippen LogP contribution in [0.2, 0.25) is 0 Å². The molecule has 2 rings (SSSR count). The molecule has 0 unspecified atom stereocenters. The molecule has 0 amide bonds. The smallest absolute Gasteiger partial charge is 0.187 e. The first kappa shape index (κ1) is 11.9. The van der Waals surface area contributed by atoms with Crippen LogP contribution in [0.4, 0.5) is 0 Å². The average molecular weight is 245 g/mol. The fourth-order valence-electron chi connectivity index (χ4n) is 1.51. The number of hydrogen-bond donors (Lipinski definition) is 0. The van der Waals surface area contributed by atoms with Crippen molar-refractivity contribution in [1.82, 2.24) is 0 Å². The zero-order valence-corrected chi connectivity index (χ0v) is 10.3. The first-order valence-corrected chi connectivity index (χ1v) is 6.84. The predicted octanol–water partition coefficient (Wildman–Crippen LogP) is 2.98. The Morgan fingerprint density at radius 3 is 2.06 bits per heavy atom. The van der Waals surface area contributed by atoms with Crippen molar-refractivity contribution in [3.63, 3.8) is 0 Å². The van der Waals surface area contributed by atoms with Crippen molar-refractivity contribution in [2.75, 3.05) is 0 Å². The molecule has 17 heavy (non-hydrogen) atoms. The number of hydrogen-bond acceptors (Lipinski definition) is 2. The number of rotatable bonds is 3. The standard InChI is InChI=1S/C14H13O2S/c1-12-7-9-14(10-8-12)17(15,16)11-13-5-3-2-4-6-13/h2-11H,1H3. The van der Waals surface area contributed by atoms with E-state index in [0.717, 1.165) is 5.56 Å². The highest BCUT2D eigenvalue weighted by Gasteiger charge is 2.15. The van der Waals surface area contributed by atoms with Gasteiger partial charge < -0.3 is 0 Å². The van der Waals surface area contributed by atoms with E-state index in [1.807, 2.05) is 25.1 Å². The molecular weight excluding hydrogens is 232 g/mol. The second-order valence-corrected chi connectivity index (χ2v) is 5.68. The van der Waals surface area contributed by atoms with Crippen LogP contribution in [0, 0.1) is 12.7 Å². The highest BCUT2D eigenvalue weighted by atomic mass is 32.2. The Morgan fingerprint density at radius 2 is 1.47 bits per heavy atom. The molecule has 2 aromatic rings. The summed E-state index contributed by atoms with van der Waals surface area (Å²) in [5, 5.41) is 0. The van der Waals surface area contributed by atoms with E-state index >= 15 is 0 Å². The van der Waals surface area contributed by atoms with Crippen LogP contribution in [-0.2, 0) is 9.84 Å². The van der Waals surface area contributed by atoms with Crippen LogP contribution < -0.4 is 0 Å². The van der Waals surface area contributed by atoms with Crippen LogP contribution in [0.25, 0.3) is 0 Å². The molecule has 0 aliphatic heterocycles. The van der Waals surface area contributed by atoms with Gasteiger partial charge >= 0.3 is 0 Å². The van der Waals surface area contributed by atoms with Crippen molar-refractivity contribution in [3.05, 3.63) is 71.5 Å². The van der Waals surface area contributed by atoms with E-state index in [4.69, 9.17) is 0 Å². The maximum atomic E-state index is 12.1. The fourth-order valence-corrected chi connectivity index (χ4v) is 2.67. The van der Waals surface area contributed by atoms with Crippen LogP contribution in [0.15, 0.2) is 59.5 Å². The van der Waals surface area contributed by atoms with Gasteiger partial charge in [-0.15, -0.1) is 0 Å². The first-order valence-electron chi connectivity index (χ1n) is 5.29. The Kier molecular flexibility index (Phi) is 3.29. The monoisotopic (exact) mass is 245 g/mol. The zero-order valence-electron chi connectivity index (χ0n) is 9.50. The van der Waals surface area contributed by atoms with Crippen molar-refractivity contribution >= 4 is 9.84 Å². The molecule has 1 radical (unpaired) electrons. The van der Waals surface area contributed by atoms with Gasteiger partial charge in [0.1, 0.15) is 5.75 Å². The molecule has 0 saturated heterocycles. The van der Waals surface area contributed by atoms with Gasteiger partial charge in [-0.25, -0.2) is 8.42 Å². The predicted molar refractivity (Wildman–Crippen MR) is 68.2 cm³/mol. The minimum Gasteiger partial charge on any atom is -0.223 e. The van der Waals surface area contributed by atoms with Crippen LogP contribution >= 0.6 is 0 Å². The molecule has 3 heteroatoms. The summed E-state index contributed by atoms with van der Waals surface area (Å²) in [4.78, 5) is 0.326. The Bertz CT molecular complexity index is 584. The quantitative estimate of drug-likeness (QED) is 0.833. The number of aryl methyl sites for hydroxylation is 1. The Balaban J connectivity index is 2.29. The van der Waals surface area contributed by atoms with Gasteiger partial charge in [-0.1, -0.05) is 48.0 Å². The van der Waals surface area contributed by atoms with Crippen LogP contribution in [-0.4, -0.2) is 8.42 Å². The molecule has 2 nitrogen and oxygen atoms in total. The summed E-state index contributed by atoms with van der Waals surface area (Å²) in [6.45, 7) is 1.93. The SMILES string of the molecule is Cc1ccc(S(=O)(=O)[CH]c2ccccc2)cc1. The highest BCUT2D eigenvalue weighted by Crippen LogP contribution is 2.18. The molecule has 0 atom stereocenters. The van der Waals surface area contributed by atoms with E-state index < -0.39 is 9.84 Å². The van der Waals surface area contributed by atoms with Gasteiger partial charge in [-0.3, -0.25) is 0 Å². The van der Waals surface area contributed by atoms with Crippen LogP contribution in [0.5, 0.6) is 0 Å². The van der Waals surface area contributed by atoms with Crippen LogP contribution in [0.3, 0.4) is 0 Å². The van der Waals surface area contributed by atoms with E-state index in [2.05, 4.69) is 0 Å². The molecule has 0 fully saturated rings. The van der Waals surface area contributed by atoms with E-state index in [0.29, 0.717) is 10.5 Å². The minimum absolute atomic E-state index is 0.326. The summed E-state index contributed by atoms with van der Waals surface area (Å²) >= 11 is 0. The van der Waals surface area contributed by atoms with Gasteiger partial charge in [0.2, 0.25) is 0 Å². The second-order valence-electron chi connectivity index (χ2n) is 3.89. The van der Waals surface area contributed by atoms with E-state index in [9.17, 15) is 8.42 Å². The summed E-state index contributed by atoms with van der Waals surface area (Å²) < 4.78 is 24.1. The van der Waals surface area contributed by atoms with Gasteiger partial charge in [-0.05, 0) is 24.6 Å². The molecular formula is C14H13O2S. The normalized spacial score (nSPS) is 11.4.